The van der Waals surface area contributed by atoms with Gasteiger partial charge in [-0.1, -0.05) is 0 Å². The fraction of sp³-hybridized carbons (Fsp3) is 0.333. The van der Waals surface area contributed by atoms with Crippen LogP contribution in [0, 0.1) is 0 Å². The summed E-state index contributed by atoms with van der Waals surface area (Å²) in [6.07, 6.45) is 0.816. The summed E-state index contributed by atoms with van der Waals surface area (Å²) in [5.74, 6) is 0.824. The first-order valence-corrected chi connectivity index (χ1v) is 3.91. The number of fused-ring (bicyclic) bond motifs is 1. The summed E-state index contributed by atoms with van der Waals surface area (Å²) in [6.45, 7) is 2.20. The Bertz CT molecular complexity index is 333. The van der Waals surface area contributed by atoms with Crippen molar-refractivity contribution in [1.29, 1.82) is 0 Å². The van der Waals surface area contributed by atoms with Crippen LogP contribution in [0.4, 0.5) is 0 Å². The first-order valence-electron chi connectivity index (χ1n) is 3.91. The van der Waals surface area contributed by atoms with Crippen LogP contribution in [0.1, 0.15) is 23.1 Å². The van der Waals surface area contributed by atoms with Crippen LogP contribution >= 0.6 is 0 Å². The lowest BCUT2D eigenvalue weighted by atomic mass is 10.2. The zero-order valence-electron chi connectivity index (χ0n) is 6.83. The van der Waals surface area contributed by atoms with Gasteiger partial charge in [-0.15, -0.1) is 0 Å². The van der Waals surface area contributed by atoms with Crippen molar-refractivity contribution in [3.05, 3.63) is 23.5 Å². The highest BCUT2D eigenvalue weighted by Crippen LogP contribution is 2.22. The molecule has 0 bridgehead atoms. The molecular formula is C9H9NO2. The molecule has 0 fully saturated rings. The Labute approximate surface area is 70.4 Å². The summed E-state index contributed by atoms with van der Waals surface area (Å²) in [6, 6.07) is 3.51. The molecule has 2 rings (SSSR count). The summed E-state index contributed by atoms with van der Waals surface area (Å²) in [5.41, 5.74) is 1.43. The molecule has 0 amide bonds. The molecule has 3 nitrogen and oxygen atoms in total. The Morgan fingerprint density at radius 2 is 2.42 bits per heavy atom. The van der Waals surface area contributed by atoms with Crippen molar-refractivity contribution in [2.75, 3.05) is 6.61 Å². The number of carbonyl (C=O) groups is 1. The number of carbonyl (C=O) groups excluding carboxylic acids is 1. The van der Waals surface area contributed by atoms with Crippen LogP contribution in [-0.4, -0.2) is 17.4 Å². The molecular weight excluding hydrogens is 154 g/mol. The molecule has 0 aliphatic carbocycles. The van der Waals surface area contributed by atoms with Crippen LogP contribution in [0.25, 0.3) is 0 Å². The predicted molar refractivity (Wildman–Crippen MR) is 43.4 cm³/mol. The number of ether oxygens (including phenoxy) is 1. The normalized spacial score (nSPS) is 13.8. The number of aromatic nitrogens is 1. The molecule has 0 saturated carbocycles. The molecule has 0 radical (unpaired) electrons. The summed E-state index contributed by atoms with van der Waals surface area (Å²) in [7, 11) is 0. The minimum absolute atomic E-state index is 0.00435. The number of pyridine rings is 1. The lowest BCUT2D eigenvalue weighted by molar-refractivity contribution is 0.101. The van der Waals surface area contributed by atoms with Crippen LogP contribution in [0.3, 0.4) is 0 Å². The van der Waals surface area contributed by atoms with Crippen molar-refractivity contribution in [1.82, 2.24) is 4.98 Å². The second kappa shape index (κ2) is 2.59. The third-order valence-corrected chi connectivity index (χ3v) is 1.89. The minimum atomic E-state index is 0.00435. The molecule has 62 valence electrons. The first-order chi connectivity index (χ1) is 5.77. The molecule has 0 N–H and O–H groups in total. The fourth-order valence-electron chi connectivity index (χ4n) is 1.25. The number of ketones is 1. The molecule has 0 aromatic carbocycles. The number of nitrogens with zero attached hydrogens (tertiary/aromatic N) is 1. The lowest BCUT2D eigenvalue weighted by Crippen LogP contribution is -1.97. The van der Waals surface area contributed by atoms with Gasteiger partial charge in [0.05, 0.1) is 12.3 Å². The largest absolute Gasteiger partial charge is 0.491 e. The van der Waals surface area contributed by atoms with E-state index >= 15 is 0 Å². The molecule has 0 unspecified atom stereocenters. The number of hydrogen-bond acceptors (Lipinski definition) is 3. The Morgan fingerprint density at radius 3 is 3.17 bits per heavy atom. The third-order valence-electron chi connectivity index (χ3n) is 1.89. The monoisotopic (exact) mass is 163 g/mol. The Kier molecular flexibility index (Phi) is 1.57. The summed E-state index contributed by atoms with van der Waals surface area (Å²) >= 11 is 0. The molecule has 1 aliphatic rings. The molecule has 3 heteroatoms. The van der Waals surface area contributed by atoms with Crippen LogP contribution in [-0.2, 0) is 6.42 Å². The first kappa shape index (κ1) is 7.28. The van der Waals surface area contributed by atoms with Gasteiger partial charge in [0.15, 0.2) is 5.78 Å². The van der Waals surface area contributed by atoms with Gasteiger partial charge >= 0.3 is 0 Å². The SMILES string of the molecule is CC(=O)c1ccc2c(n1)CCO2. The Hall–Kier alpha value is -1.38. The molecule has 1 aliphatic heterocycles. The lowest BCUT2D eigenvalue weighted by Gasteiger charge is -1.98. The number of rotatable bonds is 1. The van der Waals surface area contributed by atoms with Gasteiger partial charge in [0.1, 0.15) is 11.4 Å². The second-order valence-corrected chi connectivity index (χ2v) is 2.80. The van der Waals surface area contributed by atoms with Gasteiger partial charge in [-0.2, -0.15) is 0 Å². The zero-order valence-corrected chi connectivity index (χ0v) is 6.83. The van der Waals surface area contributed by atoms with E-state index in [-0.39, 0.29) is 5.78 Å². The van der Waals surface area contributed by atoms with E-state index in [1.54, 1.807) is 6.07 Å². The summed E-state index contributed by atoms with van der Waals surface area (Å²) in [5, 5.41) is 0. The van der Waals surface area contributed by atoms with Crippen molar-refractivity contribution in [3.8, 4) is 5.75 Å². The van der Waals surface area contributed by atoms with E-state index in [0.717, 1.165) is 17.9 Å². The molecule has 0 atom stereocenters. The highest BCUT2D eigenvalue weighted by molar-refractivity contribution is 5.92. The fourth-order valence-corrected chi connectivity index (χ4v) is 1.25. The molecule has 2 heterocycles. The second-order valence-electron chi connectivity index (χ2n) is 2.80. The molecule has 0 saturated heterocycles. The van der Waals surface area contributed by atoms with E-state index in [2.05, 4.69) is 4.98 Å². The van der Waals surface area contributed by atoms with Gasteiger partial charge in [0, 0.05) is 13.3 Å². The zero-order chi connectivity index (χ0) is 8.55. The molecule has 12 heavy (non-hydrogen) atoms. The van der Waals surface area contributed by atoms with Gasteiger partial charge in [0.25, 0.3) is 0 Å². The summed E-state index contributed by atoms with van der Waals surface area (Å²) in [4.78, 5) is 15.1. The quantitative estimate of drug-likeness (QED) is 0.584. The van der Waals surface area contributed by atoms with Gasteiger partial charge < -0.3 is 4.74 Å². The van der Waals surface area contributed by atoms with Gasteiger partial charge in [-0.3, -0.25) is 4.79 Å². The van der Waals surface area contributed by atoms with Crippen molar-refractivity contribution in [3.63, 3.8) is 0 Å². The molecule has 0 spiro atoms. The highest BCUT2D eigenvalue weighted by Gasteiger charge is 2.14. The predicted octanol–water partition coefficient (Wildman–Crippen LogP) is 1.22. The van der Waals surface area contributed by atoms with E-state index in [9.17, 15) is 4.79 Å². The van der Waals surface area contributed by atoms with Crippen LogP contribution in [0.15, 0.2) is 12.1 Å². The average molecular weight is 163 g/mol. The maximum absolute atomic E-state index is 10.9. The maximum atomic E-state index is 10.9. The Morgan fingerprint density at radius 1 is 1.58 bits per heavy atom. The van der Waals surface area contributed by atoms with Crippen molar-refractivity contribution < 1.29 is 9.53 Å². The van der Waals surface area contributed by atoms with Crippen molar-refractivity contribution in [2.24, 2.45) is 0 Å². The average Bonchev–Trinajstić information content (AvgIpc) is 2.49. The third kappa shape index (κ3) is 1.07. The van der Waals surface area contributed by atoms with E-state index < -0.39 is 0 Å². The van der Waals surface area contributed by atoms with Crippen molar-refractivity contribution in [2.45, 2.75) is 13.3 Å². The molecule has 1 aromatic rings. The van der Waals surface area contributed by atoms with E-state index in [1.165, 1.54) is 6.92 Å². The topological polar surface area (TPSA) is 39.2 Å². The van der Waals surface area contributed by atoms with Gasteiger partial charge in [-0.25, -0.2) is 4.98 Å². The number of hydrogen-bond donors (Lipinski definition) is 0. The van der Waals surface area contributed by atoms with Crippen LogP contribution < -0.4 is 4.74 Å². The van der Waals surface area contributed by atoms with Crippen molar-refractivity contribution >= 4 is 5.78 Å². The Balaban J connectivity index is 2.45. The maximum Gasteiger partial charge on any atom is 0.178 e. The summed E-state index contributed by atoms with van der Waals surface area (Å²) < 4.78 is 5.26. The van der Waals surface area contributed by atoms with Gasteiger partial charge in [0.2, 0.25) is 0 Å². The van der Waals surface area contributed by atoms with E-state index in [4.69, 9.17) is 4.74 Å². The number of Topliss-reactive ketones (excluding diaryl/α,β-unsaturated/α-hetero) is 1. The van der Waals surface area contributed by atoms with Gasteiger partial charge in [-0.05, 0) is 12.1 Å². The highest BCUT2D eigenvalue weighted by atomic mass is 16.5. The van der Waals surface area contributed by atoms with Crippen LogP contribution in [0.2, 0.25) is 0 Å². The smallest absolute Gasteiger partial charge is 0.178 e. The van der Waals surface area contributed by atoms with E-state index in [0.29, 0.717) is 12.3 Å². The molecule has 1 aromatic heterocycles. The van der Waals surface area contributed by atoms with Crippen LogP contribution in [0.5, 0.6) is 5.75 Å². The standard InChI is InChI=1S/C9H9NO2/c1-6(11)7-2-3-9-8(10-7)4-5-12-9/h2-3H,4-5H2,1H3. The van der Waals surface area contributed by atoms with E-state index in [1.807, 2.05) is 6.07 Å². The minimum Gasteiger partial charge on any atom is -0.491 e.